The van der Waals surface area contributed by atoms with Gasteiger partial charge in [-0.3, -0.25) is 9.36 Å². The quantitative estimate of drug-likeness (QED) is 0.347. The molecule has 0 unspecified atom stereocenters. The predicted molar refractivity (Wildman–Crippen MR) is 137 cm³/mol. The van der Waals surface area contributed by atoms with Crippen LogP contribution < -0.4 is 15.0 Å². The highest BCUT2D eigenvalue weighted by Gasteiger charge is 2.21. The van der Waals surface area contributed by atoms with Crippen LogP contribution in [-0.4, -0.2) is 38.3 Å². The summed E-state index contributed by atoms with van der Waals surface area (Å²) in [6, 6.07) is 13.6. The van der Waals surface area contributed by atoms with E-state index in [1.807, 2.05) is 54.0 Å². The molecule has 35 heavy (non-hydrogen) atoms. The van der Waals surface area contributed by atoms with Gasteiger partial charge < -0.3 is 14.0 Å². The maximum Gasteiger partial charge on any atom is 0.265 e. The summed E-state index contributed by atoms with van der Waals surface area (Å²) < 4.78 is 14.6. The Morgan fingerprint density at radius 3 is 2.29 bits per heavy atom. The summed E-state index contributed by atoms with van der Waals surface area (Å²) in [7, 11) is 3.25. The number of nitrogens with zero attached hydrogens (tertiary/aromatic N) is 5. The molecule has 180 valence electrons. The Kier molecular flexibility index (Phi) is 5.88. The fraction of sp³-hybridized carbons (Fsp3) is 0.333. The third-order valence-corrected chi connectivity index (χ3v) is 6.26. The lowest BCUT2D eigenvalue weighted by atomic mass is 10.1. The minimum atomic E-state index is -0.0688. The smallest absolute Gasteiger partial charge is 0.265 e. The molecule has 0 aliphatic rings. The van der Waals surface area contributed by atoms with Crippen LogP contribution in [0.5, 0.6) is 11.5 Å². The van der Waals surface area contributed by atoms with Gasteiger partial charge in [0, 0.05) is 13.1 Å². The summed E-state index contributed by atoms with van der Waals surface area (Å²) in [5.74, 6) is 2.38. The van der Waals surface area contributed by atoms with Crippen LogP contribution in [0.15, 0.2) is 47.3 Å². The molecule has 3 heterocycles. The van der Waals surface area contributed by atoms with Gasteiger partial charge in [0.25, 0.3) is 5.56 Å². The molecule has 0 saturated carbocycles. The van der Waals surface area contributed by atoms with E-state index >= 15 is 0 Å². The van der Waals surface area contributed by atoms with Crippen molar-refractivity contribution in [1.82, 2.24) is 24.1 Å². The molecule has 0 saturated heterocycles. The van der Waals surface area contributed by atoms with E-state index in [4.69, 9.17) is 24.4 Å². The minimum Gasteiger partial charge on any atom is -0.493 e. The summed E-state index contributed by atoms with van der Waals surface area (Å²) in [4.78, 5) is 28.4. The highest BCUT2D eigenvalue weighted by atomic mass is 16.5. The van der Waals surface area contributed by atoms with Crippen molar-refractivity contribution in [3.8, 4) is 11.5 Å². The van der Waals surface area contributed by atoms with Crippen molar-refractivity contribution in [3.63, 3.8) is 0 Å². The van der Waals surface area contributed by atoms with Crippen LogP contribution in [0.3, 0.4) is 0 Å². The number of aryl methyl sites for hydroxylation is 3. The Morgan fingerprint density at radius 2 is 1.60 bits per heavy atom. The normalized spacial score (nSPS) is 11.7. The lowest BCUT2D eigenvalue weighted by Gasteiger charge is -2.13. The molecule has 0 bridgehead atoms. The van der Waals surface area contributed by atoms with E-state index in [0.717, 1.165) is 16.6 Å². The van der Waals surface area contributed by atoms with Crippen LogP contribution >= 0.6 is 0 Å². The molecular formula is C27H29N5O3. The maximum absolute atomic E-state index is 13.7. The Bertz CT molecular complexity index is 1620. The van der Waals surface area contributed by atoms with Gasteiger partial charge in [0.15, 0.2) is 22.8 Å². The first-order valence-corrected chi connectivity index (χ1v) is 11.8. The predicted octanol–water partition coefficient (Wildman–Crippen LogP) is 4.52. The topological polar surface area (TPSA) is 84.1 Å². The zero-order valence-electron chi connectivity index (χ0n) is 20.7. The average molecular weight is 472 g/mol. The number of methoxy groups -OCH3 is 2. The second kappa shape index (κ2) is 9.02. The number of ether oxygens (including phenoxy) is 2. The summed E-state index contributed by atoms with van der Waals surface area (Å²) in [5.41, 5.74) is 4.45. The van der Waals surface area contributed by atoms with E-state index < -0.39 is 0 Å². The van der Waals surface area contributed by atoms with Crippen molar-refractivity contribution in [1.29, 1.82) is 0 Å². The summed E-state index contributed by atoms with van der Waals surface area (Å²) in [6.07, 6.45) is 0.698. The second-order valence-corrected chi connectivity index (χ2v) is 9.14. The first-order chi connectivity index (χ1) is 16.9. The molecule has 5 aromatic rings. The Morgan fingerprint density at radius 1 is 0.886 bits per heavy atom. The Balaban J connectivity index is 1.71. The lowest BCUT2D eigenvalue weighted by Crippen LogP contribution is -2.26. The maximum atomic E-state index is 13.7. The van der Waals surface area contributed by atoms with E-state index in [9.17, 15) is 4.79 Å². The molecule has 8 nitrogen and oxygen atoms in total. The van der Waals surface area contributed by atoms with E-state index in [0.29, 0.717) is 64.9 Å². The zero-order valence-corrected chi connectivity index (χ0v) is 20.7. The number of para-hydroxylation sites is 2. The van der Waals surface area contributed by atoms with Crippen molar-refractivity contribution in [2.75, 3.05) is 14.2 Å². The molecular weight excluding hydrogens is 442 g/mol. The van der Waals surface area contributed by atoms with Gasteiger partial charge in [0.2, 0.25) is 0 Å². The zero-order chi connectivity index (χ0) is 24.7. The van der Waals surface area contributed by atoms with Gasteiger partial charge in [-0.05, 0) is 49.1 Å². The summed E-state index contributed by atoms with van der Waals surface area (Å²) >= 11 is 0. The molecule has 3 aromatic heterocycles. The van der Waals surface area contributed by atoms with Gasteiger partial charge in [-0.1, -0.05) is 32.0 Å². The van der Waals surface area contributed by atoms with Crippen LogP contribution in [-0.2, 0) is 19.5 Å². The fourth-order valence-corrected chi connectivity index (χ4v) is 4.57. The molecule has 0 aliphatic carbocycles. The molecule has 0 fully saturated rings. The highest BCUT2D eigenvalue weighted by Crippen LogP contribution is 2.29. The molecule has 0 amide bonds. The fourth-order valence-electron chi connectivity index (χ4n) is 4.57. The number of benzene rings is 2. The van der Waals surface area contributed by atoms with Crippen molar-refractivity contribution >= 4 is 33.2 Å². The van der Waals surface area contributed by atoms with Crippen LogP contribution in [0.2, 0.25) is 0 Å². The first kappa shape index (κ1) is 22.8. The number of aromatic nitrogens is 5. The number of hydrogen-bond acceptors (Lipinski definition) is 6. The van der Waals surface area contributed by atoms with Crippen molar-refractivity contribution < 1.29 is 9.47 Å². The monoisotopic (exact) mass is 471 g/mol. The van der Waals surface area contributed by atoms with Crippen LogP contribution in [0.4, 0.5) is 0 Å². The molecule has 8 heteroatoms. The van der Waals surface area contributed by atoms with E-state index in [2.05, 4.69) is 13.8 Å². The number of rotatable bonds is 7. The third kappa shape index (κ3) is 3.99. The molecule has 5 rings (SSSR count). The van der Waals surface area contributed by atoms with Gasteiger partial charge in [0.05, 0.1) is 25.3 Å². The van der Waals surface area contributed by atoms with E-state index in [1.165, 1.54) is 0 Å². The number of fused-ring (bicyclic) bond motifs is 4. The van der Waals surface area contributed by atoms with Crippen molar-refractivity contribution in [2.45, 2.75) is 40.3 Å². The molecule has 0 aliphatic heterocycles. The second-order valence-electron chi connectivity index (χ2n) is 9.14. The Labute approximate surface area is 203 Å². The average Bonchev–Trinajstić information content (AvgIpc) is 3.15. The van der Waals surface area contributed by atoms with Crippen LogP contribution in [0, 0.1) is 12.8 Å². The van der Waals surface area contributed by atoms with Gasteiger partial charge in [0.1, 0.15) is 16.7 Å². The molecule has 0 radical (unpaired) electrons. The lowest BCUT2D eigenvalue weighted by molar-refractivity contribution is 0.354. The third-order valence-electron chi connectivity index (χ3n) is 6.26. The largest absolute Gasteiger partial charge is 0.493 e. The van der Waals surface area contributed by atoms with Gasteiger partial charge >= 0.3 is 0 Å². The Hall–Kier alpha value is -3.94. The molecule has 0 spiro atoms. The SMILES string of the molecule is COc1ccc(CCn2c3nc4ccccc4nc3c3c(=O)n(CC(C)C)c(C)nc32)cc1OC. The van der Waals surface area contributed by atoms with E-state index in [1.54, 1.807) is 18.8 Å². The molecule has 0 N–H and O–H groups in total. The van der Waals surface area contributed by atoms with Crippen molar-refractivity contribution in [3.05, 3.63) is 64.2 Å². The minimum absolute atomic E-state index is 0.0688. The van der Waals surface area contributed by atoms with Crippen LogP contribution in [0.25, 0.3) is 33.2 Å². The van der Waals surface area contributed by atoms with Gasteiger partial charge in [-0.2, -0.15) is 0 Å². The van der Waals surface area contributed by atoms with Crippen molar-refractivity contribution in [2.24, 2.45) is 5.92 Å². The van der Waals surface area contributed by atoms with Gasteiger partial charge in [-0.15, -0.1) is 0 Å². The first-order valence-electron chi connectivity index (χ1n) is 11.8. The van der Waals surface area contributed by atoms with E-state index in [-0.39, 0.29) is 5.56 Å². The van der Waals surface area contributed by atoms with Gasteiger partial charge in [-0.25, -0.2) is 15.0 Å². The molecule has 0 atom stereocenters. The summed E-state index contributed by atoms with van der Waals surface area (Å²) in [6.45, 7) is 7.26. The standard InChI is InChI=1S/C27H29N5O3/c1-16(2)15-32-17(3)28-25-23(27(32)33)24-26(30-20-9-7-6-8-19(20)29-24)31(25)13-12-18-10-11-21(34-4)22(14-18)35-5/h6-11,14,16H,12-13,15H2,1-5H3. The summed E-state index contributed by atoms with van der Waals surface area (Å²) in [5, 5.41) is 0.525. The van der Waals surface area contributed by atoms with Crippen LogP contribution in [0.1, 0.15) is 25.2 Å². The highest BCUT2D eigenvalue weighted by molar-refractivity contribution is 6.04. The number of hydrogen-bond donors (Lipinski definition) is 0. The molecule has 2 aromatic carbocycles.